The Kier molecular flexibility index (Phi) is 8.81. The first-order valence-corrected chi connectivity index (χ1v) is 12.2. The van der Waals surface area contributed by atoms with Crippen LogP contribution >= 0.6 is 11.6 Å². The predicted molar refractivity (Wildman–Crippen MR) is 122 cm³/mol. The number of nitrogens with one attached hydrogen (secondary N) is 2. The number of ether oxygens (including phenoxy) is 2. The third-order valence-corrected chi connectivity index (χ3v) is 6.64. The van der Waals surface area contributed by atoms with Crippen molar-refractivity contribution in [3.63, 3.8) is 0 Å². The van der Waals surface area contributed by atoms with Crippen LogP contribution in [0.25, 0.3) is 0 Å². The third kappa shape index (κ3) is 7.79. The van der Waals surface area contributed by atoms with Crippen LogP contribution in [0.15, 0.2) is 53.4 Å². The van der Waals surface area contributed by atoms with Crippen molar-refractivity contribution in [2.75, 3.05) is 18.5 Å². The average Bonchev–Trinajstić information content (AvgIpc) is 2.78. The highest BCUT2D eigenvalue weighted by Gasteiger charge is 2.28. The van der Waals surface area contributed by atoms with Crippen LogP contribution < -0.4 is 10.0 Å². The van der Waals surface area contributed by atoms with Gasteiger partial charge in [0.25, 0.3) is 0 Å². The van der Waals surface area contributed by atoms with E-state index in [9.17, 15) is 18.0 Å². The molecule has 1 heterocycles. The number of aliphatic carboxylic acids is 1. The molecule has 2 unspecified atom stereocenters. The number of halogens is 1. The summed E-state index contributed by atoms with van der Waals surface area (Å²) in [7, 11) is -4.04. The fourth-order valence-corrected chi connectivity index (χ4v) is 4.49. The number of carbonyl (C=O) groups excluding carboxylic acids is 1. The van der Waals surface area contributed by atoms with Gasteiger partial charge in [-0.05, 0) is 61.2 Å². The fourth-order valence-electron chi connectivity index (χ4n) is 3.19. The zero-order valence-electron chi connectivity index (χ0n) is 17.7. The minimum atomic E-state index is -4.04. The Bertz CT molecular complexity index is 1050. The second-order valence-electron chi connectivity index (χ2n) is 7.51. The third-order valence-electron chi connectivity index (χ3n) is 4.90. The van der Waals surface area contributed by atoms with Crippen molar-refractivity contribution in [2.24, 2.45) is 0 Å². The van der Waals surface area contributed by atoms with E-state index in [1.54, 1.807) is 24.3 Å². The first kappa shape index (κ1) is 25.1. The van der Waals surface area contributed by atoms with Crippen LogP contribution in [0.2, 0.25) is 5.02 Å². The van der Waals surface area contributed by atoms with Gasteiger partial charge >= 0.3 is 5.97 Å². The summed E-state index contributed by atoms with van der Waals surface area (Å²) in [6.45, 7) is 0.307. The summed E-state index contributed by atoms with van der Waals surface area (Å²) in [6, 6.07) is 10.6. The maximum Gasteiger partial charge on any atom is 0.307 e. The number of hydrogen-bond acceptors (Lipinski definition) is 6. The average molecular weight is 497 g/mol. The lowest BCUT2D eigenvalue weighted by molar-refractivity contribution is -0.166. The van der Waals surface area contributed by atoms with E-state index >= 15 is 0 Å². The Labute approximate surface area is 197 Å². The molecule has 0 saturated carbocycles. The van der Waals surface area contributed by atoms with Gasteiger partial charge in [0.2, 0.25) is 15.9 Å². The summed E-state index contributed by atoms with van der Waals surface area (Å²) in [5.74, 6) is -1.60. The van der Waals surface area contributed by atoms with Crippen LogP contribution in [0.1, 0.15) is 24.8 Å². The van der Waals surface area contributed by atoms with Crippen LogP contribution in [-0.4, -0.2) is 50.9 Å². The predicted octanol–water partition coefficient (Wildman–Crippen LogP) is 2.80. The molecule has 178 valence electrons. The Morgan fingerprint density at radius 1 is 1.12 bits per heavy atom. The normalized spacial score (nSPS) is 17.3. The molecule has 1 aliphatic heterocycles. The summed E-state index contributed by atoms with van der Waals surface area (Å²) in [6.07, 6.45) is 1.84. The van der Waals surface area contributed by atoms with Gasteiger partial charge in [-0.3, -0.25) is 9.59 Å². The Morgan fingerprint density at radius 2 is 1.82 bits per heavy atom. The highest BCUT2D eigenvalue weighted by molar-refractivity contribution is 7.89. The van der Waals surface area contributed by atoms with Gasteiger partial charge in [0.1, 0.15) is 6.04 Å². The molecule has 1 amide bonds. The molecule has 0 aliphatic carbocycles. The molecular formula is C22H25ClN2O7S. The summed E-state index contributed by atoms with van der Waals surface area (Å²) >= 11 is 5.84. The first-order valence-electron chi connectivity index (χ1n) is 10.4. The van der Waals surface area contributed by atoms with Gasteiger partial charge in [-0.2, -0.15) is 4.72 Å². The number of rotatable bonds is 10. The van der Waals surface area contributed by atoms with Gasteiger partial charge in [0.05, 0.1) is 17.9 Å². The number of carbonyl (C=O) groups is 2. The Balaban J connectivity index is 1.72. The molecule has 0 bridgehead atoms. The van der Waals surface area contributed by atoms with E-state index in [2.05, 4.69) is 10.0 Å². The minimum Gasteiger partial charge on any atom is -0.481 e. The first-order chi connectivity index (χ1) is 15.7. The van der Waals surface area contributed by atoms with Crippen LogP contribution in [0.4, 0.5) is 5.69 Å². The van der Waals surface area contributed by atoms with Crippen molar-refractivity contribution in [1.82, 2.24) is 4.72 Å². The number of carboxylic acids is 1. The molecule has 0 radical (unpaired) electrons. The number of benzene rings is 2. The lowest BCUT2D eigenvalue weighted by Crippen LogP contribution is -2.47. The van der Waals surface area contributed by atoms with Gasteiger partial charge < -0.3 is 19.9 Å². The molecule has 2 aromatic rings. The van der Waals surface area contributed by atoms with E-state index in [0.717, 1.165) is 12.8 Å². The van der Waals surface area contributed by atoms with Crippen LogP contribution in [0.3, 0.4) is 0 Å². The molecule has 3 N–H and O–H groups in total. The number of amides is 1. The molecule has 33 heavy (non-hydrogen) atoms. The highest BCUT2D eigenvalue weighted by Crippen LogP contribution is 2.17. The molecule has 2 atom stereocenters. The molecule has 9 nitrogen and oxygen atoms in total. The topological polar surface area (TPSA) is 131 Å². The van der Waals surface area contributed by atoms with Crippen molar-refractivity contribution in [3.05, 3.63) is 59.1 Å². The molecule has 0 spiro atoms. The van der Waals surface area contributed by atoms with Crippen LogP contribution in [0, 0.1) is 0 Å². The largest absolute Gasteiger partial charge is 0.481 e. The maximum absolute atomic E-state index is 12.9. The summed E-state index contributed by atoms with van der Waals surface area (Å²) in [5, 5.41) is 11.9. The summed E-state index contributed by atoms with van der Waals surface area (Å²) in [5.41, 5.74) is 0.956. The van der Waals surface area contributed by atoms with Crippen LogP contribution in [-0.2, 0) is 35.5 Å². The van der Waals surface area contributed by atoms with Crippen molar-refractivity contribution in [2.45, 2.75) is 42.9 Å². The monoisotopic (exact) mass is 496 g/mol. The molecule has 1 aliphatic rings. The van der Waals surface area contributed by atoms with E-state index < -0.39 is 34.2 Å². The van der Waals surface area contributed by atoms with E-state index in [-0.39, 0.29) is 17.9 Å². The molecule has 2 aromatic carbocycles. The number of anilines is 1. The molecule has 11 heteroatoms. The van der Waals surface area contributed by atoms with E-state index in [4.69, 9.17) is 26.2 Å². The van der Waals surface area contributed by atoms with Gasteiger partial charge in [0.15, 0.2) is 6.29 Å². The molecular weight excluding hydrogens is 472 g/mol. The van der Waals surface area contributed by atoms with Gasteiger partial charge in [-0.25, -0.2) is 8.42 Å². The Hall–Kier alpha value is -2.50. The van der Waals surface area contributed by atoms with Crippen molar-refractivity contribution >= 4 is 39.2 Å². The van der Waals surface area contributed by atoms with Crippen molar-refractivity contribution < 1.29 is 32.6 Å². The smallest absolute Gasteiger partial charge is 0.307 e. The maximum atomic E-state index is 12.9. The fraction of sp³-hybridized carbons (Fsp3) is 0.364. The molecule has 1 saturated heterocycles. The molecule has 3 rings (SSSR count). The second-order valence-corrected chi connectivity index (χ2v) is 9.66. The number of carboxylic acid groups (broad SMARTS) is 1. The Morgan fingerprint density at radius 3 is 2.42 bits per heavy atom. The standard InChI is InChI=1S/C22H25ClN2O7S/c23-16-6-10-18(11-7-16)33(29,30)25-19(14-32-21-3-1-2-12-31-21)22(28)24-17-8-4-15(5-9-17)13-20(26)27/h4-11,19,21,25H,1-3,12-14H2,(H,24,28)(H,26,27). The zero-order valence-corrected chi connectivity index (χ0v) is 19.3. The summed E-state index contributed by atoms with van der Waals surface area (Å²) in [4.78, 5) is 23.7. The van der Waals surface area contributed by atoms with Gasteiger partial charge in [-0.1, -0.05) is 23.7 Å². The lowest BCUT2D eigenvalue weighted by Gasteiger charge is -2.25. The minimum absolute atomic E-state index is 0.0448. The SMILES string of the molecule is O=C(O)Cc1ccc(NC(=O)C(COC2CCCCO2)NS(=O)(=O)c2ccc(Cl)cc2)cc1. The highest BCUT2D eigenvalue weighted by atomic mass is 35.5. The molecule has 1 fully saturated rings. The number of sulfonamides is 1. The quantitative estimate of drug-likeness (QED) is 0.461. The molecule has 0 aromatic heterocycles. The van der Waals surface area contributed by atoms with E-state index in [0.29, 0.717) is 29.3 Å². The van der Waals surface area contributed by atoms with E-state index in [1.807, 2.05) is 0 Å². The van der Waals surface area contributed by atoms with Crippen LogP contribution in [0.5, 0.6) is 0 Å². The number of hydrogen-bond donors (Lipinski definition) is 3. The zero-order chi connectivity index (χ0) is 23.8. The lowest BCUT2D eigenvalue weighted by atomic mass is 10.1. The van der Waals surface area contributed by atoms with Gasteiger partial charge in [0, 0.05) is 17.3 Å². The van der Waals surface area contributed by atoms with E-state index in [1.165, 1.54) is 24.3 Å². The van der Waals surface area contributed by atoms with Crippen molar-refractivity contribution in [1.29, 1.82) is 0 Å². The van der Waals surface area contributed by atoms with Crippen molar-refractivity contribution in [3.8, 4) is 0 Å². The second kappa shape index (κ2) is 11.6. The summed E-state index contributed by atoms with van der Waals surface area (Å²) < 4.78 is 39.2. The van der Waals surface area contributed by atoms with Gasteiger partial charge in [-0.15, -0.1) is 0 Å².